The van der Waals surface area contributed by atoms with E-state index in [-0.39, 0.29) is 18.2 Å². The molecule has 152 valence electrons. The quantitative estimate of drug-likeness (QED) is 0.515. The average molecular weight is 403 g/mol. The van der Waals surface area contributed by atoms with Crippen LogP contribution in [0.3, 0.4) is 0 Å². The summed E-state index contributed by atoms with van der Waals surface area (Å²) in [7, 11) is 1.94. The third kappa shape index (κ3) is 3.55. The first kappa shape index (κ1) is 19.4. The van der Waals surface area contributed by atoms with Crippen LogP contribution in [0, 0.1) is 6.92 Å². The van der Waals surface area contributed by atoms with E-state index in [1.165, 1.54) is 4.68 Å². The lowest BCUT2D eigenvalue weighted by atomic mass is 10.1. The van der Waals surface area contributed by atoms with Crippen molar-refractivity contribution in [1.82, 2.24) is 19.3 Å². The number of anilines is 1. The molecular formula is C22H21N5O3. The first-order valence-corrected chi connectivity index (χ1v) is 9.54. The highest BCUT2D eigenvalue weighted by Gasteiger charge is 2.15. The van der Waals surface area contributed by atoms with Gasteiger partial charge in [-0.15, -0.1) is 0 Å². The Labute approximate surface area is 173 Å². The van der Waals surface area contributed by atoms with Gasteiger partial charge in [0.05, 0.1) is 29.0 Å². The Morgan fingerprint density at radius 2 is 1.93 bits per heavy atom. The third-order valence-electron chi connectivity index (χ3n) is 4.84. The molecule has 0 aliphatic rings. The number of benzene rings is 2. The van der Waals surface area contributed by atoms with Gasteiger partial charge >= 0.3 is 5.97 Å². The number of imidazole rings is 1. The van der Waals surface area contributed by atoms with E-state index in [2.05, 4.69) is 15.4 Å². The second-order valence-electron chi connectivity index (χ2n) is 6.76. The van der Waals surface area contributed by atoms with Gasteiger partial charge in [-0.05, 0) is 50.2 Å². The van der Waals surface area contributed by atoms with Crippen molar-refractivity contribution in [3.05, 3.63) is 71.8 Å². The SMILES string of the molecule is CCOC(=O)c1ccn(-c2ccccc2NC(=O)c2ccc3c(c2)nc(C)n3C)n1. The molecule has 0 aliphatic heterocycles. The molecule has 0 radical (unpaired) electrons. The van der Waals surface area contributed by atoms with E-state index in [0.29, 0.717) is 16.9 Å². The molecule has 8 nitrogen and oxygen atoms in total. The number of hydrogen-bond acceptors (Lipinski definition) is 5. The number of amides is 1. The summed E-state index contributed by atoms with van der Waals surface area (Å²) in [4.78, 5) is 29.3. The maximum atomic E-state index is 12.9. The molecule has 4 rings (SSSR count). The first-order valence-electron chi connectivity index (χ1n) is 9.54. The molecule has 0 bridgehead atoms. The predicted molar refractivity (Wildman–Crippen MR) is 113 cm³/mol. The minimum Gasteiger partial charge on any atom is -0.461 e. The van der Waals surface area contributed by atoms with Gasteiger partial charge < -0.3 is 14.6 Å². The number of para-hydroxylation sites is 2. The second kappa shape index (κ2) is 7.82. The maximum Gasteiger partial charge on any atom is 0.358 e. The molecule has 4 aromatic rings. The number of carbonyl (C=O) groups excluding carboxylic acids is 2. The van der Waals surface area contributed by atoms with Gasteiger partial charge in [-0.3, -0.25) is 4.79 Å². The number of fused-ring (bicyclic) bond motifs is 1. The lowest BCUT2D eigenvalue weighted by Crippen LogP contribution is -2.14. The molecule has 0 spiro atoms. The van der Waals surface area contributed by atoms with Crippen LogP contribution in [-0.2, 0) is 11.8 Å². The van der Waals surface area contributed by atoms with Gasteiger partial charge in [-0.1, -0.05) is 12.1 Å². The van der Waals surface area contributed by atoms with Crippen LogP contribution < -0.4 is 5.32 Å². The molecule has 2 aromatic heterocycles. The van der Waals surface area contributed by atoms with Gasteiger partial charge in [0.2, 0.25) is 0 Å². The highest BCUT2D eigenvalue weighted by Crippen LogP contribution is 2.22. The standard InChI is InChI=1S/C22H21N5O3/c1-4-30-22(29)17-11-12-27(25-17)20-8-6-5-7-16(20)24-21(28)15-9-10-19-18(13-15)23-14(2)26(19)3/h5-13H,4H2,1-3H3,(H,24,28). The molecule has 8 heteroatoms. The topological polar surface area (TPSA) is 91.0 Å². The summed E-state index contributed by atoms with van der Waals surface area (Å²) in [6.45, 7) is 3.94. The molecule has 30 heavy (non-hydrogen) atoms. The molecule has 1 N–H and O–H groups in total. The Morgan fingerprint density at radius 3 is 2.73 bits per heavy atom. The number of nitrogens with one attached hydrogen (secondary N) is 1. The molecule has 0 saturated carbocycles. The van der Waals surface area contributed by atoms with Gasteiger partial charge in [-0.2, -0.15) is 5.10 Å². The number of rotatable bonds is 5. The number of aromatic nitrogens is 4. The number of carbonyl (C=O) groups is 2. The van der Waals surface area contributed by atoms with Gasteiger partial charge in [0, 0.05) is 18.8 Å². The molecule has 0 aliphatic carbocycles. The van der Waals surface area contributed by atoms with Gasteiger partial charge in [-0.25, -0.2) is 14.5 Å². The normalized spacial score (nSPS) is 10.9. The smallest absolute Gasteiger partial charge is 0.358 e. The first-order chi connectivity index (χ1) is 14.5. The predicted octanol–water partition coefficient (Wildman–Crippen LogP) is 3.50. The minimum absolute atomic E-state index is 0.203. The fourth-order valence-electron chi connectivity index (χ4n) is 3.21. The van der Waals surface area contributed by atoms with Crippen molar-refractivity contribution in [3.8, 4) is 5.69 Å². The highest BCUT2D eigenvalue weighted by molar-refractivity contribution is 6.06. The van der Waals surface area contributed by atoms with E-state index in [4.69, 9.17) is 4.74 Å². The van der Waals surface area contributed by atoms with E-state index < -0.39 is 5.97 Å². The molecule has 0 unspecified atom stereocenters. The van der Waals surface area contributed by atoms with Gasteiger partial charge in [0.15, 0.2) is 5.69 Å². The number of aryl methyl sites for hydroxylation is 2. The summed E-state index contributed by atoms with van der Waals surface area (Å²) >= 11 is 0. The lowest BCUT2D eigenvalue weighted by molar-refractivity contribution is 0.0519. The van der Waals surface area contributed by atoms with E-state index in [1.807, 2.05) is 42.8 Å². The van der Waals surface area contributed by atoms with Gasteiger partial charge in [0.25, 0.3) is 5.91 Å². The third-order valence-corrected chi connectivity index (χ3v) is 4.84. The Bertz CT molecular complexity index is 1250. The summed E-state index contributed by atoms with van der Waals surface area (Å²) in [5, 5.41) is 7.20. The number of nitrogens with zero attached hydrogens (tertiary/aromatic N) is 4. The zero-order valence-corrected chi connectivity index (χ0v) is 16.9. The summed E-state index contributed by atoms with van der Waals surface area (Å²) in [5.74, 6) is 0.131. The lowest BCUT2D eigenvalue weighted by Gasteiger charge is -2.11. The van der Waals surface area contributed by atoms with Crippen molar-refractivity contribution in [1.29, 1.82) is 0 Å². The second-order valence-corrected chi connectivity index (χ2v) is 6.76. The van der Waals surface area contributed by atoms with Crippen molar-refractivity contribution in [2.24, 2.45) is 7.05 Å². The molecule has 1 amide bonds. The Hall–Kier alpha value is -3.94. The number of esters is 1. The summed E-state index contributed by atoms with van der Waals surface area (Å²) in [6, 6.07) is 14.2. The molecule has 2 heterocycles. The molecule has 0 saturated heterocycles. The summed E-state index contributed by atoms with van der Waals surface area (Å²) in [5.41, 5.74) is 3.64. The van der Waals surface area contributed by atoms with Crippen molar-refractivity contribution in [3.63, 3.8) is 0 Å². The largest absolute Gasteiger partial charge is 0.461 e. The number of ether oxygens (including phenoxy) is 1. The Kier molecular flexibility index (Phi) is 5.05. The van der Waals surface area contributed by atoms with Crippen LogP contribution in [0.1, 0.15) is 33.6 Å². The monoisotopic (exact) mass is 403 g/mol. The zero-order chi connectivity index (χ0) is 21.3. The van der Waals surface area contributed by atoms with Crippen molar-refractivity contribution < 1.29 is 14.3 Å². The molecule has 0 atom stereocenters. The van der Waals surface area contributed by atoms with Crippen molar-refractivity contribution >= 4 is 28.6 Å². The summed E-state index contributed by atoms with van der Waals surface area (Å²) < 4.78 is 8.50. The van der Waals surface area contributed by atoms with E-state index in [9.17, 15) is 9.59 Å². The van der Waals surface area contributed by atoms with Crippen LogP contribution in [0.5, 0.6) is 0 Å². The fourth-order valence-corrected chi connectivity index (χ4v) is 3.21. The number of hydrogen-bond donors (Lipinski definition) is 1. The molecule has 2 aromatic carbocycles. The fraction of sp³-hybridized carbons (Fsp3) is 0.182. The van der Waals surface area contributed by atoms with E-state index >= 15 is 0 Å². The van der Waals surface area contributed by atoms with Crippen LogP contribution in [0.4, 0.5) is 5.69 Å². The van der Waals surface area contributed by atoms with Crippen molar-refractivity contribution in [2.75, 3.05) is 11.9 Å². The summed E-state index contributed by atoms with van der Waals surface area (Å²) in [6.07, 6.45) is 1.65. The van der Waals surface area contributed by atoms with Crippen LogP contribution in [-0.4, -0.2) is 37.8 Å². The van der Waals surface area contributed by atoms with Crippen LogP contribution in [0.25, 0.3) is 16.7 Å². The van der Waals surface area contributed by atoms with E-state index in [1.54, 1.807) is 37.4 Å². The maximum absolute atomic E-state index is 12.9. The van der Waals surface area contributed by atoms with E-state index in [0.717, 1.165) is 16.9 Å². The van der Waals surface area contributed by atoms with Gasteiger partial charge in [0.1, 0.15) is 5.82 Å². The van der Waals surface area contributed by atoms with Crippen LogP contribution in [0.2, 0.25) is 0 Å². The Morgan fingerprint density at radius 1 is 1.13 bits per heavy atom. The van der Waals surface area contributed by atoms with Crippen molar-refractivity contribution in [2.45, 2.75) is 13.8 Å². The van der Waals surface area contributed by atoms with Crippen LogP contribution in [0.15, 0.2) is 54.7 Å². The molecular weight excluding hydrogens is 382 g/mol. The average Bonchev–Trinajstić information content (AvgIpc) is 3.34. The highest BCUT2D eigenvalue weighted by atomic mass is 16.5. The minimum atomic E-state index is -0.489. The molecule has 0 fully saturated rings. The van der Waals surface area contributed by atoms with Crippen LogP contribution >= 0.6 is 0 Å². The Balaban J connectivity index is 1.61. The zero-order valence-electron chi connectivity index (χ0n) is 16.9.